The molecule has 19 heavy (non-hydrogen) atoms. The van der Waals surface area contributed by atoms with Crippen molar-refractivity contribution in [3.63, 3.8) is 0 Å². The van der Waals surface area contributed by atoms with Gasteiger partial charge < -0.3 is 13.9 Å². The van der Waals surface area contributed by atoms with Gasteiger partial charge in [-0.2, -0.15) is 0 Å². The van der Waals surface area contributed by atoms with Crippen LogP contribution in [0.4, 0.5) is 4.39 Å². The van der Waals surface area contributed by atoms with Crippen molar-refractivity contribution in [1.29, 1.82) is 0 Å². The molecule has 0 aliphatic heterocycles. The molecule has 1 aromatic heterocycles. The molecule has 1 heterocycles. The van der Waals surface area contributed by atoms with Crippen LogP contribution in [0.2, 0.25) is 0 Å². The molecule has 1 aromatic carbocycles. The van der Waals surface area contributed by atoms with E-state index in [9.17, 15) is 9.18 Å². The smallest absolute Gasteiger partial charge is 0.374 e. The molecule has 0 amide bonds. The number of benzene rings is 1. The van der Waals surface area contributed by atoms with Gasteiger partial charge in [-0.1, -0.05) is 18.2 Å². The Kier molecular flexibility index (Phi) is 4.30. The third-order valence-corrected chi connectivity index (χ3v) is 2.47. The first kappa shape index (κ1) is 13.3. The van der Waals surface area contributed by atoms with Crippen molar-refractivity contribution >= 4 is 5.97 Å². The second kappa shape index (κ2) is 6.15. The van der Waals surface area contributed by atoms with Gasteiger partial charge in [0.15, 0.2) is 0 Å². The first-order valence-corrected chi connectivity index (χ1v) is 5.69. The summed E-state index contributed by atoms with van der Waals surface area (Å²) in [5.74, 6) is -0.441. The van der Waals surface area contributed by atoms with Gasteiger partial charge in [-0.25, -0.2) is 9.18 Å². The lowest BCUT2D eigenvalue weighted by Gasteiger charge is -2.04. The standard InChI is InChI=1S/C14H13FO4/c1-17-9-11-6-7-13(19-11)14(16)18-8-10-4-2-3-5-12(10)15/h2-7H,8-9H2,1H3. The van der Waals surface area contributed by atoms with Crippen LogP contribution < -0.4 is 0 Å². The van der Waals surface area contributed by atoms with Gasteiger partial charge in [-0.05, 0) is 18.2 Å². The monoisotopic (exact) mass is 264 g/mol. The lowest BCUT2D eigenvalue weighted by Crippen LogP contribution is -2.05. The normalized spacial score (nSPS) is 10.4. The third kappa shape index (κ3) is 3.42. The molecule has 0 unspecified atom stereocenters. The highest BCUT2D eigenvalue weighted by Crippen LogP contribution is 2.13. The van der Waals surface area contributed by atoms with Crippen molar-refractivity contribution in [3.05, 3.63) is 59.3 Å². The van der Waals surface area contributed by atoms with E-state index < -0.39 is 11.8 Å². The Labute approximate surface area is 109 Å². The first-order chi connectivity index (χ1) is 9.20. The molecule has 2 rings (SSSR count). The molecule has 0 fully saturated rings. The fourth-order valence-corrected chi connectivity index (χ4v) is 1.54. The third-order valence-electron chi connectivity index (χ3n) is 2.47. The predicted molar refractivity (Wildman–Crippen MR) is 64.9 cm³/mol. The van der Waals surface area contributed by atoms with Crippen LogP contribution >= 0.6 is 0 Å². The number of esters is 1. The van der Waals surface area contributed by atoms with Crippen molar-refractivity contribution in [2.75, 3.05) is 7.11 Å². The molecule has 4 nitrogen and oxygen atoms in total. The molecule has 0 aliphatic carbocycles. The fraction of sp³-hybridized carbons (Fsp3) is 0.214. The van der Waals surface area contributed by atoms with Gasteiger partial charge in [0, 0.05) is 12.7 Å². The Hall–Kier alpha value is -2.14. The minimum Gasteiger partial charge on any atom is -0.455 e. The highest BCUT2D eigenvalue weighted by Gasteiger charge is 2.13. The minimum atomic E-state index is -0.634. The van der Waals surface area contributed by atoms with E-state index in [0.717, 1.165) is 0 Å². The molecule has 5 heteroatoms. The summed E-state index contributed by atoms with van der Waals surface area (Å²) in [4.78, 5) is 11.7. The van der Waals surface area contributed by atoms with E-state index in [-0.39, 0.29) is 19.0 Å². The summed E-state index contributed by atoms with van der Waals surface area (Å²) in [6.07, 6.45) is 0. The highest BCUT2D eigenvalue weighted by molar-refractivity contribution is 5.86. The van der Waals surface area contributed by atoms with Crippen LogP contribution in [0.15, 0.2) is 40.8 Å². The van der Waals surface area contributed by atoms with Gasteiger partial charge in [0.1, 0.15) is 24.8 Å². The van der Waals surface area contributed by atoms with Gasteiger partial charge in [0.2, 0.25) is 5.76 Å². The van der Waals surface area contributed by atoms with E-state index in [2.05, 4.69) is 0 Å². The van der Waals surface area contributed by atoms with Crippen molar-refractivity contribution in [2.45, 2.75) is 13.2 Å². The van der Waals surface area contributed by atoms with Gasteiger partial charge in [-0.3, -0.25) is 0 Å². The number of hydrogen-bond acceptors (Lipinski definition) is 4. The van der Waals surface area contributed by atoms with Crippen molar-refractivity contribution in [1.82, 2.24) is 0 Å². The van der Waals surface area contributed by atoms with Crippen LogP contribution in [0.1, 0.15) is 21.9 Å². The molecule has 2 aromatic rings. The van der Waals surface area contributed by atoms with Gasteiger partial charge in [-0.15, -0.1) is 0 Å². The van der Waals surface area contributed by atoms with Crippen molar-refractivity contribution in [2.24, 2.45) is 0 Å². The Morgan fingerprint density at radius 3 is 2.74 bits per heavy atom. The number of rotatable bonds is 5. The van der Waals surface area contributed by atoms with Crippen LogP contribution in [-0.2, 0) is 22.7 Å². The number of carbonyl (C=O) groups excluding carboxylic acids is 1. The summed E-state index contributed by atoms with van der Waals surface area (Å²) < 4.78 is 28.4. The first-order valence-electron chi connectivity index (χ1n) is 5.69. The zero-order chi connectivity index (χ0) is 13.7. The van der Waals surface area contributed by atoms with Crippen molar-refractivity contribution in [3.8, 4) is 0 Å². The largest absolute Gasteiger partial charge is 0.455 e. The minimum absolute atomic E-state index is 0.0726. The number of ether oxygens (including phenoxy) is 2. The maximum atomic E-state index is 13.3. The number of halogens is 1. The Bertz CT molecular complexity index is 562. The van der Waals surface area contributed by atoms with Crippen LogP contribution in [0.3, 0.4) is 0 Å². The van der Waals surface area contributed by atoms with Gasteiger partial charge in [0.05, 0.1) is 0 Å². The molecule has 0 atom stereocenters. The van der Waals surface area contributed by atoms with Crippen LogP contribution in [0.5, 0.6) is 0 Å². The summed E-state index contributed by atoms with van der Waals surface area (Å²) in [5, 5.41) is 0. The summed E-state index contributed by atoms with van der Waals surface area (Å²) >= 11 is 0. The second-order valence-corrected chi connectivity index (χ2v) is 3.87. The van der Waals surface area contributed by atoms with Crippen molar-refractivity contribution < 1.29 is 23.1 Å². The maximum Gasteiger partial charge on any atom is 0.374 e. The van der Waals surface area contributed by atoms with E-state index in [0.29, 0.717) is 11.3 Å². The summed E-state index contributed by atoms with van der Waals surface area (Å²) in [6, 6.07) is 9.25. The number of carbonyl (C=O) groups is 1. The molecule has 0 N–H and O–H groups in total. The van der Waals surface area contributed by atoms with E-state index in [1.807, 2.05) is 0 Å². The maximum absolute atomic E-state index is 13.3. The summed E-state index contributed by atoms with van der Waals surface area (Å²) in [5.41, 5.74) is 0.319. The topological polar surface area (TPSA) is 48.7 Å². The SMILES string of the molecule is COCc1ccc(C(=O)OCc2ccccc2F)o1. The molecule has 0 saturated carbocycles. The number of furan rings is 1. The molecular weight excluding hydrogens is 251 g/mol. The second-order valence-electron chi connectivity index (χ2n) is 3.87. The molecule has 0 saturated heterocycles. The Morgan fingerprint density at radius 2 is 2.00 bits per heavy atom. The number of hydrogen-bond donors (Lipinski definition) is 0. The zero-order valence-electron chi connectivity index (χ0n) is 10.4. The van der Waals surface area contributed by atoms with E-state index >= 15 is 0 Å². The van der Waals surface area contributed by atoms with Gasteiger partial charge >= 0.3 is 5.97 Å². The van der Waals surface area contributed by atoms with E-state index in [4.69, 9.17) is 13.9 Å². The Morgan fingerprint density at radius 1 is 1.21 bits per heavy atom. The highest BCUT2D eigenvalue weighted by atomic mass is 19.1. The average molecular weight is 264 g/mol. The summed E-state index contributed by atoms with van der Waals surface area (Å²) in [6.45, 7) is 0.145. The summed E-state index contributed by atoms with van der Waals surface area (Å²) in [7, 11) is 1.53. The molecule has 0 bridgehead atoms. The average Bonchev–Trinajstić information content (AvgIpc) is 2.87. The molecule has 0 radical (unpaired) electrons. The number of methoxy groups -OCH3 is 1. The Balaban J connectivity index is 1.95. The fourth-order valence-electron chi connectivity index (χ4n) is 1.54. The quantitative estimate of drug-likeness (QED) is 0.779. The van der Waals surface area contributed by atoms with Crippen LogP contribution in [0, 0.1) is 5.82 Å². The lowest BCUT2D eigenvalue weighted by molar-refractivity contribution is 0.0426. The van der Waals surface area contributed by atoms with Gasteiger partial charge in [0.25, 0.3) is 0 Å². The van der Waals surface area contributed by atoms with Crippen LogP contribution in [0.25, 0.3) is 0 Å². The van der Waals surface area contributed by atoms with Crippen LogP contribution in [-0.4, -0.2) is 13.1 Å². The molecule has 100 valence electrons. The zero-order valence-corrected chi connectivity index (χ0v) is 10.4. The van der Waals surface area contributed by atoms with E-state index in [1.54, 1.807) is 24.3 Å². The lowest BCUT2D eigenvalue weighted by atomic mass is 10.2. The molecular formula is C14H13FO4. The molecule has 0 aliphatic rings. The predicted octanol–water partition coefficient (Wildman–Crippen LogP) is 2.92. The molecule has 0 spiro atoms. The van der Waals surface area contributed by atoms with E-state index in [1.165, 1.54) is 19.2 Å².